The molecule has 1 saturated carbocycles. The Morgan fingerprint density at radius 2 is 1.78 bits per heavy atom. The number of likely N-dealkylation sites (N-methyl/N-ethyl adjacent to an activating group) is 2. The summed E-state index contributed by atoms with van der Waals surface area (Å²) in [6.45, 7) is 4.50. The highest BCUT2D eigenvalue weighted by Crippen LogP contribution is 2.63. The molecule has 3 aliphatic rings. The van der Waals surface area contributed by atoms with Gasteiger partial charge in [0.05, 0.1) is 12.5 Å². The molecule has 5 atom stereocenters. The first-order chi connectivity index (χ1) is 10.9. The van der Waals surface area contributed by atoms with Crippen LogP contribution in [-0.4, -0.2) is 48.1 Å². The lowest BCUT2D eigenvalue weighted by Gasteiger charge is -2.28. The smallest absolute Gasteiger partial charge is 0.309 e. The van der Waals surface area contributed by atoms with Crippen molar-refractivity contribution in [3.05, 3.63) is 11.9 Å². The minimum atomic E-state index is -2.63. The Hall–Kier alpha value is -0.640. The van der Waals surface area contributed by atoms with Gasteiger partial charge in [0.1, 0.15) is 0 Å². The molecule has 0 N–H and O–H groups in total. The van der Waals surface area contributed by atoms with Crippen molar-refractivity contribution in [1.29, 1.82) is 0 Å². The fourth-order valence-corrected chi connectivity index (χ4v) is 7.20. The van der Waals surface area contributed by atoms with Gasteiger partial charge in [-0.15, -0.1) is 0 Å². The quantitative estimate of drug-likeness (QED) is 0.583. The maximum atomic E-state index is 13.6. The predicted octanol–water partition coefficient (Wildman–Crippen LogP) is 3.33. The fraction of sp³-hybridized carbons (Fsp3) is 0.824. The number of carbonyl (C=O) groups is 1. The molecule has 0 aromatic rings. The van der Waals surface area contributed by atoms with Crippen molar-refractivity contribution >= 4 is 13.4 Å². The van der Waals surface area contributed by atoms with E-state index in [1.807, 2.05) is 32.9 Å². The molecule has 2 saturated heterocycles. The number of cyclic esters (lactones) is 1. The Morgan fingerprint density at radius 3 is 2.26 bits per heavy atom. The van der Waals surface area contributed by atoms with Crippen molar-refractivity contribution in [3.63, 3.8) is 0 Å². The van der Waals surface area contributed by atoms with Crippen LogP contribution in [-0.2, 0) is 14.1 Å². The van der Waals surface area contributed by atoms with E-state index in [9.17, 15) is 9.36 Å². The molecule has 0 unspecified atom stereocenters. The Bertz CT molecular complexity index is 528. The van der Waals surface area contributed by atoms with Crippen LogP contribution in [0, 0.1) is 17.8 Å². The molecule has 5 nitrogen and oxygen atoms in total. The third-order valence-corrected chi connectivity index (χ3v) is 9.21. The van der Waals surface area contributed by atoms with Gasteiger partial charge in [0.2, 0.25) is 7.44 Å². The molecule has 0 bridgehead atoms. The highest BCUT2D eigenvalue weighted by Gasteiger charge is 2.50. The molecular formula is C17H29N2O3P. The van der Waals surface area contributed by atoms with Gasteiger partial charge in [-0.25, -0.2) is 9.34 Å². The molecule has 23 heavy (non-hydrogen) atoms. The van der Waals surface area contributed by atoms with E-state index in [0.717, 1.165) is 12.8 Å². The largest absolute Gasteiger partial charge is 0.465 e. The first kappa shape index (κ1) is 17.2. The molecule has 2 aliphatic heterocycles. The van der Waals surface area contributed by atoms with Gasteiger partial charge in [0, 0.05) is 23.8 Å². The molecule has 3 fully saturated rings. The van der Waals surface area contributed by atoms with Crippen LogP contribution < -0.4 is 0 Å². The summed E-state index contributed by atoms with van der Waals surface area (Å²) in [5.74, 6) is 2.11. The zero-order valence-corrected chi connectivity index (χ0v) is 15.5. The average molecular weight is 340 g/mol. The first-order valence-electron chi connectivity index (χ1n) is 8.78. The Morgan fingerprint density at radius 1 is 1.22 bits per heavy atom. The van der Waals surface area contributed by atoms with Gasteiger partial charge in [0.15, 0.2) is 0 Å². The van der Waals surface area contributed by atoms with E-state index in [0.29, 0.717) is 18.7 Å². The standard InChI is InChI=1S/C17H29N2O3P/c1-12(14-11-22-17(20)13(14)2)9-10-23(21)18(3)15-7-5-6-8-16(15)19(23)4/h9-10,12-16H,5-8,11H2,1-4H3/b10-9+/t12-,13-,14-,15+,16+/m0/s1. The summed E-state index contributed by atoms with van der Waals surface area (Å²) < 4.78 is 22.9. The van der Waals surface area contributed by atoms with Crippen molar-refractivity contribution in [3.8, 4) is 0 Å². The number of allylic oxidation sites excluding steroid dienone is 1. The van der Waals surface area contributed by atoms with E-state index in [2.05, 4.69) is 16.3 Å². The molecule has 3 rings (SSSR count). The van der Waals surface area contributed by atoms with Crippen LogP contribution >= 0.6 is 7.44 Å². The predicted molar refractivity (Wildman–Crippen MR) is 91.1 cm³/mol. The monoisotopic (exact) mass is 340 g/mol. The third kappa shape index (κ3) is 2.81. The summed E-state index contributed by atoms with van der Waals surface area (Å²) in [4.78, 5) is 11.6. The topological polar surface area (TPSA) is 49.9 Å². The second-order valence-corrected chi connectivity index (χ2v) is 10.2. The number of ether oxygens (including phenoxy) is 1. The maximum absolute atomic E-state index is 13.6. The van der Waals surface area contributed by atoms with Crippen LogP contribution in [0.2, 0.25) is 0 Å². The number of nitrogens with zero attached hydrogens (tertiary/aromatic N) is 2. The second-order valence-electron chi connectivity index (χ2n) is 7.44. The minimum absolute atomic E-state index is 0.0720. The summed E-state index contributed by atoms with van der Waals surface area (Å²) in [6, 6.07) is 0.824. The van der Waals surface area contributed by atoms with Gasteiger partial charge < -0.3 is 4.74 Å². The second kappa shape index (κ2) is 6.34. The highest BCUT2D eigenvalue weighted by atomic mass is 31.2. The van der Waals surface area contributed by atoms with Gasteiger partial charge in [-0.2, -0.15) is 0 Å². The van der Waals surface area contributed by atoms with Crippen LogP contribution in [0.3, 0.4) is 0 Å². The van der Waals surface area contributed by atoms with Crippen molar-refractivity contribution in [2.24, 2.45) is 17.8 Å². The highest BCUT2D eigenvalue weighted by molar-refractivity contribution is 7.62. The molecule has 0 aromatic carbocycles. The van der Waals surface area contributed by atoms with Crippen molar-refractivity contribution in [2.75, 3.05) is 20.7 Å². The number of fused-ring (bicyclic) bond motifs is 1. The number of rotatable bonds is 3. The first-order valence-corrected chi connectivity index (χ1v) is 10.5. The molecular weight excluding hydrogens is 311 g/mol. The molecule has 1 aliphatic carbocycles. The summed E-state index contributed by atoms with van der Waals surface area (Å²) >= 11 is 0. The number of carbonyl (C=O) groups excluding carboxylic acids is 1. The van der Waals surface area contributed by atoms with E-state index < -0.39 is 7.44 Å². The Labute approximate surface area is 139 Å². The van der Waals surface area contributed by atoms with E-state index in [1.54, 1.807) is 0 Å². The lowest BCUT2D eigenvalue weighted by atomic mass is 9.86. The lowest BCUT2D eigenvalue weighted by molar-refractivity contribution is -0.140. The minimum Gasteiger partial charge on any atom is -0.465 e. The van der Waals surface area contributed by atoms with Gasteiger partial charge in [-0.05, 0) is 32.9 Å². The van der Waals surface area contributed by atoms with Crippen molar-refractivity contribution in [2.45, 2.75) is 51.6 Å². The Kier molecular flexibility index (Phi) is 4.74. The zero-order chi connectivity index (χ0) is 16.8. The molecule has 2 heterocycles. The van der Waals surface area contributed by atoms with E-state index in [1.165, 1.54) is 12.8 Å². The Balaban J connectivity index is 1.75. The average Bonchev–Trinajstić information content (AvgIpc) is 2.98. The molecule has 0 radical (unpaired) electrons. The molecule has 0 spiro atoms. The number of esters is 1. The summed E-state index contributed by atoms with van der Waals surface area (Å²) in [5.41, 5.74) is 0. The van der Waals surface area contributed by atoms with Gasteiger partial charge in [-0.1, -0.05) is 32.8 Å². The zero-order valence-electron chi connectivity index (χ0n) is 14.6. The van der Waals surface area contributed by atoms with Gasteiger partial charge >= 0.3 is 5.97 Å². The van der Waals surface area contributed by atoms with Gasteiger partial charge in [-0.3, -0.25) is 9.36 Å². The van der Waals surface area contributed by atoms with Crippen molar-refractivity contribution in [1.82, 2.24) is 9.34 Å². The van der Waals surface area contributed by atoms with Crippen LogP contribution in [0.1, 0.15) is 39.5 Å². The summed E-state index contributed by atoms with van der Waals surface area (Å²) in [7, 11) is 1.39. The van der Waals surface area contributed by atoms with E-state index in [4.69, 9.17) is 4.74 Å². The third-order valence-electron chi connectivity index (χ3n) is 6.25. The van der Waals surface area contributed by atoms with Crippen LogP contribution in [0.15, 0.2) is 11.9 Å². The van der Waals surface area contributed by atoms with Crippen LogP contribution in [0.5, 0.6) is 0 Å². The van der Waals surface area contributed by atoms with Gasteiger partial charge in [0.25, 0.3) is 0 Å². The summed E-state index contributed by atoms with van der Waals surface area (Å²) in [5, 5.41) is 0. The number of hydrogen-bond acceptors (Lipinski definition) is 3. The molecule has 130 valence electrons. The normalized spacial score (nSPS) is 39.6. The van der Waals surface area contributed by atoms with Crippen LogP contribution in [0.25, 0.3) is 0 Å². The lowest BCUT2D eigenvalue weighted by Crippen LogP contribution is -2.37. The molecule has 0 aromatic heterocycles. The summed E-state index contributed by atoms with van der Waals surface area (Å²) in [6.07, 6.45) is 6.80. The van der Waals surface area contributed by atoms with E-state index in [-0.39, 0.29) is 23.7 Å². The fourth-order valence-electron chi connectivity index (χ4n) is 4.45. The maximum Gasteiger partial charge on any atom is 0.309 e. The number of hydrogen-bond donors (Lipinski definition) is 0. The van der Waals surface area contributed by atoms with Crippen LogP contribution in [0.4, 0.5) is 0 Å². The van der Waals surface area contributed by atoms with E-state index >= 15 is 0 Å². The molecule has 6 heteroatoms. The van der Waals surface area contributed by atoms with Crippen molar-refractivity contribution < 1.29 is 14.1 Å². The SMILES string of the molecule is C[C@@H]1C(=O)OC[C@H]1[C@@H](C)/C=C/P1(=O)N(C)[C@@H]2CCCC[C@H]2N1C. The molecule has 0 amide bonds.